The monoisotopic (exact) mass is 314 g/mol. The molecule has 2 aliphatic rings. The summed E-state index contributed by atoms with van der Waals surface area (Å²) in [7, 11) is 0. The van der Waals surface area contributed by atoms with Crippen LogP contribution in [0, 0.1) is 15.5 Å². The summed E-state index contributed by atoms with van der Waals surface area (Å²) >= 11 is 0. The number of nitrogens with one attached hydrogen (secondary N) is 1. The number of anilines is 1. The van der Waals surface area contributed by atoms with Gasteiger partial charge in [-0.2, -0.15) is 0 Å². The van der Waals surface area contributed by atoms with E-state index in [0.717, 1.165) is 16.5 Å². The lowest BCUT2D eigenvalue weighted by Gasteiger charge is -2.25. The Morgan fingerprint density at radius 3 is 2.58 bits per heavy atom. The zero-order chi connectivity index (χ0) is 16.4. The fourth-order valence-electron chi connectivity index (χ4n) is 3.47. The first-order valence-corrected chi connectivity index (χ1v) is 7.44. The second-order valence-corrected chi connectivity index (χ2v) is 5.73. The highest BCUT2D eigenvalue weighted by molar-refractivity contribution is 6.41. The number of fused-ring (bicyclic) bond motifs is 4. The van der Waals surface area contributed by atoms with E-state index in [1.807, 2.05) is 42.5 Å². The molecule has 2 aliphatic heterocycles. The molecule has 5 rings (SSSR count). The Balaban J connectivity index is 1.95. The quantitative estimate of drug-likeness (QED) is 0.544. The molecule has 0 saturated carbocycles. The van der Waals surface area contributed by atoms with E-state index in [0.29, 0.717) is 22.6 Å². The van der Waals surface area contributed by atoms with Crippen LogP contribution in [0.4, 0.5) is 17.1 Å². The van der Waals surface area contributed by atoms with E-state index < -0.39 is 4.92 Å². The van der Waals surface area contributed by atoms with Crippen molar-refractivity contribution in [3.8, 4) is 0 Å². The third-order valence-electron chi connectivity index (χ3n) is 4.48. The molecule has 0 aromatic heterocycles. The fourth-order valence-corrected chi connectivity index (χ4v) is 3.47. The van der Waals surface area contributed by atoms with Gasteiger partial charge < -0.3 is 0 Å². The lowest BCUT2D eigenvalue weighted by atomic mass is 10.0. The summed E-state index contributed by atoms with van der Waals surface area (Å²) in [6.07, 6.45) is 0. The highest BCUT2D eigenvalue weighted by atomic mass is 16.6. The molecule has 0 spiro atoms. The Morgan fingerprint density at radius 1 is 1.00 bits per heavy atom. The van der Waals surface area contributed by atoms with Gasteiger partial charge in [0.05, 0.1) is 10.6 Å². The van der Waals surface area contributed by atoms with Crippen molar-refractivity contribution in [2.24, 2.45) is 4.99 Å². The summed E-state index contributed by atoms with van der Waals surface area (Å²) in [5.74, 6) is 0.791. The van der Waals surface area contributed by atoms with Crippen molar-refractivity contribution in [2.75, 3.05) is 4.90 Å². The molecule has 0 radical (unpaired) electrons. The van der Waals surface area contributed by atoms with Crippen LogP contribution in [0.5, 0.6) is 0 Å². The fraction of sp³-hybridized carbons (Fsp3) is 0. The standard InChI is InChI=1S/C18H10N4O2/c19-17-11-5-1-2-6-12(11)18-20-13-7-3-4-10-8-9-14(22(23)24)16(15(10)13)21(17)18/h1-9,19H. The molecule has 6 nitrogen and oxygen atoms in total. The van der Waals surface area contributed by atoms with Crippen molar-refractivity contribution in [1.29, 1.82) is 5.41 Å². The van der Waals surface area contributed by atoms with Gasteiger partial charge in [0, 0.05) is 22.6 Å². The number of benzene rings is 3. The lowest BCUT2D eigenvalue weighted by molar-refractivity contribution is -0.383. The van der Waals surface area contributed by atoms with Gasteiger partial charge in [0.2, 0.25) is 0 Å². The predicted octanol–water partition coefficient (Wildman–Crippen LogP) is 3.99. The Kier molecular flexibility index (Phi) is 2.30. The van der Waals surface area contributed by atoms with Crippen LogP contribution in [0.3, 0.4) is 0 Å². The summed E-state index contributed by atoms with van der Waals surface area (Å²) in [5, 5.41) is 21.7. The molecular weight excluding hydrogens is 304 g/mol. The minimum Gasteiger partial charge on any atom is -0.283 e. The average molecular weight is 314 g/mol. The van der Waals surface area contributed by atoms with Gasteiger partial charge in [-0.05, 0) is 17.5 Å². The molecule has 0 saturated heterocycles. The van der Waals surface area contributed by atoms with Gasteiger partial charge in [-0.25, -0.2) is 4.99 Å². The number of nitro groups is 1. The van der Waals surface area contributed by atoms with E-state index in [9.17, 15) is 10.1 Å². The van der Waals surface area contributed by atoms with Gasteiger partial charge in [0.1, 0.15) is 17.4 Å². The van der Waals surface area contributed by atoms with Crippen LogP contribution >= 0.6 is 0 Å². The molecule has 0 amide bonds. The second-order valence-electron chi connectivity index (χ2n) is 5.73. The maximum atomic E-state index is 11.6. The highest BCUT2D eigenvalue weighted by Crippen LogP contribution is 2.47. The first-order valence-electron chi connectivity index (χ1n) is 7.44. The molecule has 24 heavy (non-hydrogen) atoms. The summed E-state index contributed by atoms with van der Waals surface area (Å²) in [5.41, 5.74) is 2.67. The topological polar surface area (TPSA) is 82.6 Å². The maximum absolute atomic E-state index is 11.6. The first kappa shape index (κ1) is 13.0. The van der Waals surface area contributed by atoms with Crippen molar-refractivity contribution in [1.82, 2.24) is 0 Å². The third-order valence-corrected chi connectivity index (χ3v) is 4.48. The zero-order valence-corrected chi connectivity index (χ0v) is 12.4. The molecule has 0 atom stereocenters. The predicted molar refractivity (Wildman–Crippen MR) is 92.5 cm³/mol. The molecule has 114 valence electrons. The second kappa shape index (κ2) is 4.26. The molecule has 6 heteroatoms. The summed E-state index contributed by atoms with van der Waals surface area (Å²) in [6.45, 7) is 0. The van der Waals surface area contributed by atoms with Crippen LogP contribution in [0.1, 0.15) is 11.1 Å². The zero-order valence-electron chi connectivity index (χ0n) is 12.4. The number of nitro benzene ring substituents is 1. The summed E-state index contributed by atoms with van der Waals surface area (Å²) in [4.78, 5) is 17.5. The van der Waals surface area contributed by atoms with E-state index in [4.69, 9.17) is 10.4 Å². The molecule has 0 fully saturated rings. The molecule has 3 aromatic carbocycles. The Bertz CT molecular complexity index is 1120. The minimum atomic E-state index is -0.398. The highest BCUT2D eigenvalue weighted by Gasteiger charge is 2.39. The lowest BCUT2D eigenvalue weighted by Crippen LogP contribution is -2.32. The minimum absolute atomic E-state index is 0.0140. The third kappa shape index (κ3) is 1.44. The van der Waals surface area contributed by atoms with Crippen LogP contribution in [-0.4, -0.2) is 16.6 Å². The smallest absolute Gasteiger partial charge is 0.283 e. The molecule has 0 unspecified atom stereocenters. The number of hydrogen-bond acceptors (Lipinski definition) is 4. The summed E-state index contributed by atoms with van der Waals surface area (Å²) in [6, 6.07) is 16.3. The summed E-state index contributed by atoms with van der Waals surface area (Å²) < 4.78 is 0. The SMILES string of the molecule is N=C1c2ccccc2C2=Nc3cccc4ccc([N+](=O)[O-])c(c34)N12. The van der Waals surface area contributed by atoms with Crippen molar-refractivity contribution in [2.45, 2.75) is 0 Å². The van der Waals surface area contributed by atoms with Gasteiger partial charge in [-0.1, -0.05) is 36.4 Å². The van der Waals surface area contributed by atoms with Crippen molar-refractivity contribution in [3.05, 3.63) is 75.8 Å². The largest absolute Gasteiger partial charge is 0.294 e. The van der Waals surface area contributed by atoms with Gasteiger partial charge in [0.25, 0.3) is 5.69 Å². The number of nitrogens with zero attached hydrogens (tertiary/aromatic N) is 3. The van der Waals surface area contributed by atoms with Gasteiger partial charge in [-0.3, -0.25) is 20.4 Å². The number of aliphatic imine (C=N–C) groups is 1. The van der Waals surface area contributed by atoms with Crippen LogP contribution in [-0.2, 0) is 0 Å². The number of hydrogen-bond donors (Lipinski definition) is 1. The van der Waals surface area contributed by atoms with Crippen molar-refractivity contribution >= 4 is 39.5 Å². The van der Waals surface area contributed by atoms with Crippen LogP contribution in [0.25, 0.3) is 10.8 Å². The van der Waals surface area contributed by atoms with Gasteiger partial charge >= 0.3 is 0 Å². The molecule has 0 aliphatic carbocycles. The van der Waals surface area contributed by atoms with E-state index in [1.54, 1.807) is 11.0 Å². The molecule has 0 bridgehead atoms. The molecular formula is C18H10N4O2. The van der Waals surface area contributed by atoms with Crippen LogP contribution < -0.4 is 4.90 Å². The Morgan fingerprint density at radius 2 is 1.79 bits per heavy atom. The molecule has 3 aromatic rings. The number of rotatable bonds is 1. The van der Waals surface area contributed by atoms with E-state index in [1.165, 1.54) is 6.07 Å². The average Bonchev–Trinajstić information content (AvgIpc) is 2.88. The normalized spacial score (nSPS) is 14.4. The first-order chi connectivity index (χ1) is 11.7. The van der Waals surface area contributed by atoms with E-state index >= 15 is 0 Å². The molecule has 1 N–H and O–H groups in total. The van der Waals surface area contributed by atoms with Crippen LogP contribution in [0.2, 0.25) is 0 Å². The molecule has 2 heterocycles. The van der Waals surface area contributed by atoms with Crippen molar-refractivity contribution in [3.63, 3.8) is 0 Å². The van der Waals surface area contributed by atoms with Gasteiger partial charge in [0.15, 0.2) is 0 Å². The van der Waals surface area contributed by atoms with E-state index in [-0.39, 0.29) is 11.5 Å². The van der Waals surface area contributed by atoms with Gasteiger partial charge in [-0.15, -0.1) is 0 Å². The van der Waals surface area contributed by atoms with E-state index in [2.05, 4.69) is 0 Å². The number of amidine groups is 2. The Labute approximate surface area is 136 Å². The Hall–Kier alpha value is -3.54. The van der Waals surface area contributed by atoms with Crippen LogP contribution in [0.15, 0.2) is 59.6 Å². The van der Waals surface area contributed by atoms with Crippen molar-refractivity contribution < 1.29 is 4.92 Å². The maximum Gasteiger partial charge on any atom is 0.294 e.